The lowest BCUT2D eigenvalue weighted by Crippen LogP contribution is -2.62. The van der Waals surface area contributed by atoms with Gasteiger partial charge in [-0.3, -0.25) is 9.69 Å². The minimum Gasteiger partial charge on any atom is -0.381 e. The second-order valence-electron chi connectivity index (χ2n) is 10.5. The summed E-state index contributed by atoms with van der Waals surface area (Å²) in [7, 11) is 1.78. The van der Waals surface area contributed by atoms with Crippen LogP contribution in [-0.4, -0.2) is 54.1 Å². The molecule has 4 aliphatic carbocycles. The van der Waals surface area contributed by atoms with E-state index in [2.05, 4.69) is 9.80 Å². The molecule has 0 N–H and O–H groups in total. The fourth-order valence-corrected chi connectivity index (χ4v) is 7.27. The summed E-state index contributed by atoms with van der Waals surface area (Å²) in [6.45, 7) is 2.96. The van der Waals surface area contributed by atoms with Gasteiger partial charge in [-0.15, -0.1) is 0 Å². The maximum absolute atomic E-state index is 13.7. The number of likely N-dealkylation sites (tertiary alicyclic amines) is 1. The molecule has 1 aromatic carbocycles. The van der Waals surface area contributed by atoms with Crippen molar-refractivity contribution in [2.24, 2.45) is 17.8 Å². The second-order valence-corrected chi connectivity index (χ2v) is 10.5. The van der Waals surface area contributed by atoms with E-state index in [1.165, 1.54) is 50.7 Å². The Hall–Kier alpha value is -1.46. The number of halogens is 1. The molecular weight excluding hydrogens is 379 g/mol. The number of amides is 1. The minimum atomic E-state index is -0.215. The number of ether oxygens (including phenoxy) is 1. The third-order valence-corrected chi connectivity index (χ3v) is 8.36. The molecule has 4 bridgehead atoms. The molecule has 0 unspecified atom stereocenters. The van der Waals surface area contributed by atoms with Crippen molar-refractivity contribution >= 4 is 5.91 Å². The summed E-state index contributed by atoms with van der Waals surface area (Å²) in [5.74, 6) is 2.41. The van der Waals surface area contributed by atoms with E-state index in [-0.39, 0.29) is 17.3 Å². The van der Waals surface area contributed by atoms with E-state index in [0.29, 0.717) is 19.2 Å². The Kier molecular flexibility index (Phi) is 5.61. The average Bonchev–Trinajstić information content (AvgIpc) is 2.72. The summed E-state index contributed by atoms with van der Waals surface area (Å²) in [6, 6.07) is 6.74. The van der Waals surface area contributed by atoms with Crippen LogP contribution in [0.5, 0.6) is 0 Å². The van der Waals surface area contributed by atoms with Crippen molar-refractivity contribution in [1.29, 1.82) is 0 Å². The Labute approximate surface area is 179 Å². The van der Waals surface area contributed by atoms with Gasteiger partial charge < -0.3 is 9.64 Å². The van der Waals surface area contributed by atoms with E-state index in [4.69, 9.17) is 4.74 Å². The summed E-state index contributed by atoms with van der Waals surface area (Å²) < 4.78 is 19.0. The van der Waals surface area contributed by atoms with Gasteiger partial charge in [0.25, 0.3) is 0 Å². The summed E-state index contributed by atoms with van der Waals surface area (Å²) in [4.78, 5) is 18.3. The van der Waals surface area contributed by atoms with Gasteiger partial charge in [0.1, 0.15) is 5.82 Å². The highest BCUT2D eigenvalue weighted by molar-refractivity contribution is 5.79. The number of carbonyl (C=O) groups excluding carboxylic acids is 1. The average molecular weight is 415 g/mol. The SMILES string of the molecule is COC1CCN(CC(=O)N(Cc2ccc(F)cc2)C23CC4CC(CC(C4)C2)C3)CC1. The van der Waals surface area contributed by atoms with Gasteiger partial charge in [0, 0.05) is 32.3 Å². The zero-order valence-corrected chi connectivity index (χ0v) is 18.2. The highest BCUT2D eigenvalue weighted by atomic mass is 19.1. The maximum atomic E-state index is 13.7. The Morgan fingerprint density at radius 1 is 1.07 bits per heavy atom. The van der Waals surface area contributed by atoms with Gasteiger partial charge >= 0.3 is 0 Å². The van der Waals surface area contributed by atoms with Crippen LogP contribution in [0.25, 0.3) is 0 Å². The lowest BCUT2D eigenvalue weighted by atomic mass is 9.52. The molecule has 1 saturated heterocycles. The molecule has 0 aromatic heterocycles. The van der Waals surface area contributed by atoms with Crippen molar-refractivity contribution in [3.05, 3.63) is 35.6 Å². The third kappa shape index (κ3) is 4.03. The van der Waals surface area contributed by atoms with Crippen molar-refractivity contribution in [2.45, 2.75) is 69.6 Å². The first-order valence-corrected chi connectivity index (χ1v) is 11.8. The Bertz CT molecular complexity index is 722. The molecule has 0 spiro atoms. The second kappa shape index (κ2) is 8.23. The minimum absolute atomic E-state index is 0.0189. The first-order chi connectivity index (χ1) is 14.5. The van der Waals surface area contributed by atoms with Gasteiger partial charge in [-0.05, 0) is 86.8 Å². The van der Waals surface area contributed by atoms with Crippen LogP contribution in [0.1, 0.15) is 56.9 Å². The fourth-order valence-electron chi connectivity index (χ4n) is 7.27. The van der Waals surface area contributed by atoms with Crippen LogP contribution in [0.4, 0.5) is 4.39 Å². The van der Waals surface area contributed by atoms with Crippen molar-refractivity contribution in [3.8, 4) is 0 Å². The van der Waals surface area contributed by atoms with Gasteiger partial charge in [0.2, 0.25) is 5.91 Å². The molecule has 5 fully saturated rings. The number of piperidine rings is 1. The van der Waals surface area contributed by atoms with Gasteiger partial charge in [-0.2, -0.15) is 0 Å². The lowest BCUT2D eigenvalue weighted by molar-refractivity contribution is -0.154. The lowest BCUT2D eigenvalue weighted by Gasteiger charge is -2.60. The molecule has 6 rings (SSSR count). The molecule has 0 atom stereocenters. The van der Waals surface area contributed by atoms with Crippen LogP contribution in [-0.2, 0) is 16.1 Å². The predicted octanol–water partition coefficient (Wildman–Crippen LogP) is 4.23. The first-order valence-electron chi connectivity index (χ1n) is 11.8. The monoisotopic (exact) mass is 414 g/mol. The number of benzene rings is 1. The topological polar surface area (TPSA) is 32.8 Å². The summed E-state index contributed by atoms with van der Waals surface area (Å²) in [5.41, 5.74) is 1.06. The van der Waals surface area contributed by atoms with E-state index in [9.17, 15) is 9.18 Å². The van der Waals surface area contributed by atoms with Gasteiger partial charge in [-0.1, -0.05) is 12.1 Å². The van der Waals surface area contributed by atoms with E-state index in [1.807, 2.05) is 12.1 Å². The number of hydrogen-bond acceptors (Lipinski definition) is 3. The maximum Gasteiger partial charge on any atom is 0.237 e. The molecule has 164 valence electrons. The van der Waals surface area contributed by atoms with Gasteiger partial charge in [0.15, 0.2) is 0 Å². The van der Waals surface area contributed by atoms with Crippen molar-refractivity contribution in [3.63, 3.8) is 0 Å². The number of methoxy groups -OCH3 is 1. The van der Waals surface area contributed by atoms with Gasteiger partial charge in [0.05, 0.1) is 12.6 Å². The van der Waals surface area contributed by atoms with Gasteiger partial charge in [-0.25, -0.2) is 4.39 Å². The molecule has 4 saturated carbocycles. The molecule has 4 nitrogen and oxygen atoms in total. The predicted molar refractivity (Wildman–Crippen MR) is 114 cm³/mol. The van der Waals surface area contributed by atoms with Crippen molar-refractivity contribution in [1.82, 2.24) is 9.80 Å². The zero-order valence-electron chi connectivity index (χ0n) is 18.2. The van der Waals surface area contributed by atoms with E-state index in [0.717, 1.165) is 49.2 Å². The van der Waals surface area contributed by atoms with Crippen LogP contribution >= 0.6 is 0 Å². The first kappa shape index (κ1) is 20.4. The molecule has 0 radical (unpaired) electrons. The third-order valence-electron chi connectivity index (χ3n) is 8.36. The van der Waals surface area contributed by atoms with E-state index < -0.39 is 0 Å². The summed E-state index contributed by atoms with van der Waals surface area (Å²) >= 11 is 0. The molecule has 1 aliphatic heterocycles. The quantitative estimate of drug-likeness (QED) is 0.698. The Balaban J connectivity index is 1.36. The largest absolute Gasteiger partial charge is 0.381 e. The number of nitrogens with zero attached hydrogens (tertiary/aromatic N) is 2. The molecule has 1 heterocycles. The Morgan fingerprint density at radius 2 is 1.63 bits per heavy atom. The van der Waals surface area contributed by atoms with E-state index >= 15 is 0 Å². The zero-order chi connectivity index (χ0) is 20.7. The normalized spacial score (nSPS) is 33.7. The van der Waals surface area contributed by atoms with Crippen molar-refractivity contribution < 1.29 is 13.9 Å². The van der Waals surface area contributed by atoms with Crippen LogP contribution in [0.15, 0.2) is 24.3 Å². The highest BCUT2D eigenvalue weighted by Crippen LogP contribution is 2.58. The standard InChI is InChI=1S/C25H35FN2O2/c1-30-23-6-8-27(9-7-23)17-24(29)28(16-18-2-4-22(26)5-3-18)25-13-19-10-20(14-25)12-21(11-19)15-25/h2-5,19-21,23H,6-17H2,1H3. The smallest absolute Gasteiger partial charge is 0.237 e. The molecular formula is C25H35FN2O2. The van der Waals surface area contributed by atoms with Crippen LogP contribution in [0, 0.1) is 23.6 Å². The van der Waals surface area contributed by atoms with Crippen LogP contribution in [0.2, 0.25) is 0 Å². The molecule has 30 heavy (non-hydrogen) atoms. The fraction of sp³-hybridized carbons (Fsp3) is 0.720. The number of hydrogen-bond donors (Lipinski definition) is 0. The van der Waals surface area contributed by atoms with Crippen LogP contribution in [0.3, 0.4) is 0 Å². The summed E-state index contributed by atoms with van der Waals surface area (Å²) in [6.07, 6.45) is 9.91. The molecule has 5 aliphatic rings. The Morgan fingerprint density at radius 3 is 2.17 bits per heavy atom. The molecule has 1 amide bonds. The molecule has 1 aromatic rings. The number of carbonyl (C=O) groups is 1. The van der Waals surface area contributed by atoms with Crippen LogP contribution < -0.4 is 0 Å². The van der Waals surface area contributed by atoms with E-state index in [1.54, 1.807) is 7.11 Å². The number of rotatable bonds is 6. The van der Waals surface area contributed by atoms with Crippen molar-refractivity contribution in [2.75, 3.05) is 26.7 Å². The molecule has 5 heteroatoms. The highest BCUT2D eigenvalue weighted by Gasteiger charge is 2.54. The summed E-state index contributed by atoms with van der Waals surface area (Å²) in [5, 5.41) is 0.